The van der Waals surface area contributed by atoms with E-state index in [4.69, 9.17) is 18.0 Å². The summed E-state index contributed by atoms with van der Waals surface area (Å²) in [5.74, 6) is 3.99. The molecule has 3 nitrogen and oxygen atoms in total. The van der Waals surface area contributed by atoms with Gasteiger partial charge in [-0.3, -0.25) is 4.79 Å². The third-order valence-electron chi connectivity index (χ3n) is 6.74. The summed E-state index contributed by atoms with van der Waals surface area (Å²) in [7, 11) is 0. The van der Waals surface area contributed by atoms with Gasteiger partial charge in [0.1, 0.15) is 0 Å². The van der Waals surface area contributed by atoms with Crippen molar-refractivity contribution in [3.05, 3.63) is 0 Å². The van der Waals surface area contributed by atoms with Crippen molar-refractivity contribution in [3.8, 4) is 0 Å². The van der Waals surface area contributed by atoms with Crippen LogP contribution in [0.5, 0.6) is 0 Å². The summed E-state index contributed by atoms with van der Waals surface area (Å²) in [6.45, 7) is 0. The van der Waals surface area contributed by atoms with Crippen molar-refractivity contribution in [1.29, 1.82) is 0 Å². The van der Waals surface area contributed by atoms with Crippen LogP contribution in [-0.2, 0) is 4.79 Å². The lowest BCUT2D eigenvalue weighted by Crippen LogP contribution is -2.53. The van der Waals surface area contributed by atoms with E-state index in [9.17, 15) is 4.79 Å². The van der Waals surface area contributed by atoms with Gasteiger partial charge in [0, 0.05) is 17.9 Å². The second kappa shape index (κ2) is 5.22. The molecule has 0 spiro atoms. The molecule has 5 saturated carbocycles. The van der Waals surface area contributed by atoms with Gasteiger partial charge in [0.05, 0.1) is 4.99 Å². The Balaban J connectivity index is 1.44. The topological polar surface area (TPSA) is 55.1 Å². The minimum atomic E-state index is 0.201. The highest BCUT2D eigenvalue weighted by molar-refractivity contribution is 7.80. The molecule has 5 fully saturated rings. The lowest BCUT2D eigenvalue weighted by atomic mass is 9.51. The van der Waals surface area contributed by atoms with Gasteiger partial charge in [-0.2, -0.15) is 0 Å². The van der Waals surface area contributed by atoms with E-state index in [0.717, 1.165) is 31.1 Å². The Labute approximate surface area is 132 Å². The second-order valence-electron chi connectivity index (χ2n) is 8.01. The molecular formula is C17H26N2OS. The van der Waals surface area contributed by atoms with Crippen LogP contribution in [0, 0.1) is 35.5 Å². The van der Waals surface area contributed by atoms with Crippen LogP contribution in [0.15, 0.2) is 0 Å². The highest BCUT2D eigenvalue weighted by atomic mass is 32.1. The van der Waals surface area contributed by atoms with E-state index in [1.54, 1.807) is 0 Å². The van der Waals surface area contributed by atoms with Crippen LogP contribution in [0.1, 0.15) is 51.4 Å². The van der Waals surface area contributed by atoms with Crippen molar-refractivity contribution in [3.63, 3.8) is 0 Å². The van der Waals surface area contributed by atoms with Gasteiger partial charge in [-0.15, -0.1) is 0 Å². The summed E-state index contributed by atoms with van der Waals surface area (Å²) in [6.07, 6.45) is 9.86. The van der Waals surface area contributed by atoms with Crippen molar-refractivity contribution in [1.82, 2.24) is 5.32 Å². The van der Waals surface area contributed by atoms with E-state index < -0.39 is 0 Å². The fourth-order valence-corrected chi connectivity index (χ4v) is 6.39. The third-order valence-corrected chi connectivity index (χ3v) is 7.04. The smallest absolute Gasteiger partial charge is 0.223 e. The zero-order chi connectivity index (χ0) is 14.6. The van der Waals surface area contributed by atoms with Crippen molar-refractivity contribution in [2.75, 3.05) is 0 Å². The van der Waals surface area contributed by atoms with Crippen LogP contribution in [0.3, 0.4) is 0 Å². The molecule has 0 saturated heterocycles. The number of thiocarbonyl (C=S) groups is 1. The number of carbonyl (C=O) groups excluding carboxylic acids is 1. The minimum Gasteiger partial charge on any atom is -0.393 e. The van der Waals surface area contributed by atoms with Crippen LogP contribution in [0.2, 0.25) is 0 Å². The van der Waals surface area contributed by atoms with Crippen LogP contribution in [-0.4, -0.2) is 16.9 Å². The highest BCUT2D eigenvalue weighted by Gasteiger charge is 2.51. The molecule has 0 aliphatic heterocycles. The molecule has 0 heterocycles. The summed E-state index contributed by atoms with van der Waals surface area (Å²) < 4.78 is 0. The quantitative estimate of drug-likeness (QED) is 0.788. The van der Waals surface area contributed by atoms with Gasteiger partial charge in [0.15, 0.2) is 0 Å². The molecule has 21 heavy (non-hydrogen) atoms. The van der Waals surface area contributed by atoms with Crippen molar-refractivity contribution >= 4 is 23.1 Å². The molecule has 1 amide bonds. The average Bonchev–Trinajstić information content (AvgIpc) is 2.85. The third kappa shape index (κ3) is 2.39. The molecule has 0 aromatic rings. The SMILES string of the molecule is NC(=S)C1CCCC1NC(=O)C1C2CC3CC(C2)CC1C3. The van der Waals surface area contributed by atoms with E-state index in [2.05, 4.69) is 5.32 Å². The number of hydrogen-bond donors (Lipinski definition) is 2. The normalized spacial score (nSPS) is 47.5. The predicted octanol–water partition coefficient (Wildman–Crippen LogP) is 2.63. The summed E-state index contributed by atoms with van der Waals surface area (Å²) >= 11 is 5.17. The van der Waals surface area contributed by atoms with E-state index in [1.165, 1.54) is 32.1 Å². The van der Waals surface area contributed by atoms with Gasteiger partial charge in [-0.25, -0.2) is 0 Å². The maximum atomic E-state index is 12.9. The Morgan fingerprint density at radius 1 is 1.00 bits per heavy atom. The van der Waals surface area contributed by atoms with Gasteiger partial charge in [0.25, 0.3) is 0 Å². The molecule has 4 bridgehead atoms. The maximum Gasteiger partial charge on any atom is 0.223 e. The summed E-state index contributed by atoms with van der Waals surface area (Å²) in [4.78, 5) is 13.4. The first-order valence-electron chi connectivity index (χ1n) is 8.71. The van der Waals surface area contributed by atoms with Crippen LogP contribution in [0.4, 0.5) is 0 Å². The summed E-state index contributed by atoms with van der Waals surface area (Å²) in [5.41, 5.74) is 5.84. The molecule has 5 aliphatic carbocycles. The highest BCUT2D eigenvalue weighted by Crippen LogP contribution is 2.56. The zero-order valence-corrected chi connectivity index (χ0v) is 13.4. The fraction of sp³-hybridized carbons (Fsp3) is 0.882. The predicted molar refractivity (Wildman–Crippen MR) is 86.6 cm³/mol. The number of rotatable bonds is 3. The molecule has 5 aliphatic rings. The first kappa shape index (κ1) is 14.0. The summed E-state index contributed by atoms with van der Waals surface area (Å²) in [6, 6.07) is 0.201. The molecule has 4 heteroatoms. The van der Waals surface area contributed by atoms with E-state index in [0.29, 0.717) is 22.7 Å². The average molecular weight is 306 g/mol. The number of carbonyl (C=O) groups is 1. The molecule has 2 unspecified atom stereocenters. The maximum absolute atomic E-state index is 12.9. The van der Waals surface area contributed by atoms with Gasteiger partial charge < -0.3 is 11.1 Å². The Bertz CT molecular complexity index is 436. The largest absolute Gasteiger partial charge is 0.393 e. The van der Waals surface area contributed by atoms with Crippen molar-refractivity contribution in [2.45, 2.75) is 57.4 Å². The second-order valence-corrected chi connectivity index (χ2v) is 8.48. The zero-order valence-electron chi connectivity index (χ0n) is 12.6. The monoisotopic (exact) mass is 306 g/mol. The van der Waals surface area contributed by atoms with Gasteiger partial charge >= 0.3 is 0 Å². The lowest BCUT2D eigenvalue weighted by molar-refractivity contribution is -0.139. The molecule has 3 N–H and O–H groups in total. The first-order chi connectivity index (χ1) is 10.1. The van der Waals surface area contributed by atoms with Crippen LogP contribution in [0.25, 0.3) is 0 Å². The molecule has 5 rings (SSSR count). The van der Waals surface area contributed by atoms with Gasteiger partial charge in [-0.05, 0) is 68.6 Å². The van der Waals surface area contributed by atoms with E-state index in [1.807, 2.05) is 0 Å². The number of nitrogens with one attached hydrogen (secondary N) is 1. The Hall–Kier alpha value is -0.640. The Kier molecular flexibility index (Phi) is 3.48. The number of amides is 1. The summed E-state index contributed by atoms with van der Waals surface area (Å²) in [5, 5.41) is 3.33. The Morgan fingerprint density at radius 2 is 1.62 bits per heavy atom. The minimum absolute atomic E-state index is 0.201. The standard InChI is InChI=1S/C17H26N2OS/c18-16(21)13-2-1-3-14(13)19-17(20)15-11-5-9-4-10(7-11)8-12(15)6-9/h9-15H,1-8H2,(H2,18,21)(H,19,20). The van der Waals surface area contributed by atoms with Gasteiger partial charge in [0.2, 0.25) is 5.91 Å². The fourth-order valence-electron chi connectivity index (χ4n) is 6.11. The number of hydrogen-bond acceptors (Lipinski definition) is 2. The van der Waals surface area contributed by atoms with Gasteiger partial charge in [-0.1, -0.05) is 18.6 Å². The van der Waals surface area contributed by atoms with Crippen molar-refractivity contribution < 1.29 is 4.79 Å². The lowest BCUT2D eigenvalue weighted by Gasteiger charge is -2.53. The molecule has 116 valence electrons. The number of nitrogens with two attached hydrogens (primary N) is 1. The Morgan fingerprint density at radius 3 is 2.19 bits per heavy atom. The van der Waals surface area contributed by atoms with E-state index in [-0.39, 0.29) is 17.9 Å². The van der Waals surface area contributed by atoms with E-state index >= 15 is 0 Å². The van der Waals surface area contributed by atoms with Crippen LogP contribution < -0.4 is 11.1 Å². The molecule has 0 radical (unpaired) electrons. The first-order valence-corrected chi connectivity index (χ1v) is 9.12. The molecule has 0 aromatic carbocycles. The van der Waals surface area contributed by atoms with Crippen LogP contribution >= 0.6 is 12.2 Å². The molecule has 0 aromatic heterocycles. The van der Waals surface area contributed by atoms with Crippen molar-refractivity contribution in [2.24, 2.45) is 41.2 Å². The molecular weight excluding hydrogens is 280 g/mol. The molecule has 2 atom stereocenters.